The van der Waals surface area contributed by atoms with E-state index in [4.69, 9.17) is 0 Å². The Balaban J connectivity index is 2.35. The van der Waals surface area contributed by atoms with Crippen LogP contribution < -0.4 is 5.32 Å². The van der Waals surface area contributed by atoms with Gasteiger partial charge in [-0.2, -0.15) is 0 Å². The van der Waals surface area contributed by atoms with E-state index in [9.17, 15) is 18.4 Å². The van der Waals surface area contributed by atoms with Crippen molar-refractivity contribution in [3.63, 3.8) is 0 Å². The topological polar surface area (TPSA) is 55.4 Å². The van der Waals surface area contributed by atoms with Gasteiger partial charge in [-0.3, -0.25) is 9.59 Å². The van der Waals surface area contributed by atoms with Gasteiger partial charge in [0.25, 0.3) is 0 Å². The third-order valence-electron chi connectivity index (χ3n) is 2.25. The molecule has 0 radical (unpaired) electrons. The minimum absolute atomic E-state index is 0.237. The van der Waals surface area contributed by atoms with Gasteiger partial charge in [0.1, 0.15) is 6.42 Å². The number of esters is 1. The van der Waals surface area contributed by atoms with E-state index in [0.717, 1.165) is 12.1 Å². The summed E-state index contributed by atoms with van der Waals surface area (Å²) < 4.78 is 29.8. The molecule has 1 aromatic carbocycles. The first kappa shape index (κ1) is 14.1. The largest absolute Gasteiger partial charge is 0.469 e. The van der Waals surface area contributed by atoms with Crippen LogP contribution in [0.3, 0.4) is 0 Å². The summed E-state index contributed by atoms with van der Waals surface area (Å²) in [5, 5.41) is 2.47. The van der Waals surface area contributed by atoms with Crippen LogP contribution in [-0.4, -0.2) is 25.5 Å². The third-order valence-corrected chi connectivity index (χ3v) is 2.25. The predicted molar refractivity (Wildman–Crippen MR) is 59.7 cm³/mol. The lowest BCUT2D eigenvalue weighted by Gasteiger charge is -2.05. The number of hydrogen-bond acceptors (Lipinski definition) is 3. The van der Waals surface area contributed by atoms with E-state index in [-0.39, 0.29) is 13.0 Å². The van der Waals surface area contributed by atoms with Crippen molar-refractivity contribution in [1.29, 1.82) is 0 Å². The van der Waals surface area contributed by atoms with E-state index in [2.05, 4.69) is 10.1 Å². The van der Waals surface area contributed by atoms with E-state index >= 15 is 0 Å². The van der Waals surface area contributed by atoms with Gasteiger partial charge in [0.15, 0.2) is 11.6 Å². The molecule has 1 aromatic rings. The molecular formula is C12H13F2NO3. The molecule has 0 aromatic heterocycles. The quantitative estimate of drug-likeness (QED) is 0.636. The Morgan fingerprint density at radius 1 is 1.28 bits per heavy atom. The second-order valence-corrected chi connectivity index (χ2v) is 3.60. The number of hydrogen-bond donors (Lipinski definition) is 1. The molecular weight excluding hydrogens is 244 g/mol. The summed E-state index contributed by atoms with van der Waals surface area (Å²) in [5.74, 6) is -2.92. The van der Waals surface area contributed by atoms with Gasteiger partial charge in [-0.15, -0.1) is 0 Å². The number of amides is 1. The maximum absolute atomic E-state index is 12.9. The summed E-state index contributed by atoms with van der Waals surface area (Å²) in [4.78, 5) is 21.9. The zero-order valence-corrected chi connectivity index (χ0v) is 9.83. The molecule has 0 aliphatic carbocycles. The van der Waals surface area contributed by atoms with Gasteiger partial charge in [0, 0.05) is 6.54 Å². The van der Waals surface area contributed by atoms with E-state index < -0.39 is 23.5 Å². The summed E-state index contributed by atoms with van der Waals surface area (Å²) in [6.07, 6.45) is -0.00160. The molecule has 1 rings (SSSR count). The lowest BCUT2D eigenvalue weighted by atomic mass is 10.1. The SMILES string of the molecule is COC(=O)CC(=O)NCCc1ccc(F)c(F)c1. The van der Waals surface area contributed by atoms with Gasteiger partial charge in [-0.05, 0) is 24.1 Å². The molecule has 0 bridgehead atoms. The standard InChI is InChI=1S/C12H13F2NO3/c1-18-12(17)7-11(16)15-5-4-8-2-3-9(13)10(14)6-8/h2-3,6H,4-5,7H2,1H3,(H,15,16). The Morgan fingerprint density at radius 3 is 2.61 bits per heavy atom. The number of benzene rings is 1. The molecule has 0 atom stereocenters. The molecule has 0 aliphatic rings. The van der Waals surface area contributed by atoms with E-state index in [1.807, 2.05) is 0 Å². The Bertz CT molecular complexity index is 449. The highest BCUT2D eigenvalue weighted by Crippen LogP contribution is 2.08. The number of rotatable bonds is 5. The number of methoxy groups -OCH3 is 1. The summed E-state index contributed by atoms with van der Waals surface area (Å²) >= 11 is 0. The first-order chi connectivity index (χ1) is 8.52. The van der Waals surface area contributed by atoms with Crippen LogP contribution in [0.4, 0.5) is 8.78 Å². The lowest BCUT2D eigenvalue weighted by molar-refractivity contribution is -0.143. The zero-order valence-electron chi connectivity index (χ0n) is 9.83. The average molecular weight is 257 g/mol. The molecule has 0 saturated heterocycles. The highest BCUT2D eigenvalue weighted by molar-refractivity contribution is 5.94. The van der Waals surface area contributed by atoms with Gasteiger partial charge in [0.05, 0.1) is 7.11 Å². The second-order valence-electron chi connectivity index (χ2n) is 3.60. The van der Waals surface area contributed by atoms with Gasteiger partial charge in [0.2, 0.25) is 5.91 Å². The van der Waals surface area contributed by atoms with Gasteiger partial charge in [-0.25, -0.2) is 8.78 Å². The van der Waals surface area contributed by atoms with Crippen LogP contribution in [0.1, 0.15) is 12.0 Å². The molecule has 4 nitrogen and oxygen atoms in total. The molecule has 0 fully saturated rings. The smallest absolute Gasteiger partial charge is 0.315 e. The molecule has 6 heteroatoms. The zero-order chi connectivity index (χ0) is 13.5. The van der Waals surface area contributed by atoms with Crippen LogP contribution >= 0.6 is 0 Å². The predicted octanol–water partition coefficient (Wildman–Crippen LogP) is 1.19. The molecule has 0 unspecified atom stereocenters. The maximum atomic E-state index is 12.9. The van der Waals surface area contributed by atoms with E-state index in [0.29, 0.717) is 12.0 Å². The van der Waals surface area contributed by atoms with Crippen LogP contribution in [0.5, 0.6) is 0 Å². The molecule has 18 heavy (non-hydrogen) atoms. The summed E-state index contributed by atoms with van der Waals surface area (Å²) in [6, 6.07) is 3.54. The number of carbonyl (C=O) groups is 2. The van der Waals surface area contributed by atoms with E-state index in [1.54, 1.807) is 0 Å². The monoisotopic (exact) mass is 257 g/mol. The first-order valence-corrected chi connectivity index (χ1v) is 5.30. The Kier molecular flexibility index (Phi) is 5.23. The summed E-state index contributed by atoms with van der Waals surface area (Å²) in [5.41, 5.74) is 0.562. The fraction of sp³-hybridized carbons (Fsp3) is 0.333. The molecule has 1 N–H and O–H groups in total. The van der Waals surface area contributed by atoms with Crippen molar-refractivity contribution < 1.29 is 23.1 Å². The van der Waals surface area contributed by atoms with Crippen LogP contribution in [0.15, 0.2) is 18.2 Å². The first-order valence-electron chi connectivity index (χ1n) is 5.30. The van der Waals surface area contributed by atoms with Crippen LogP contribution in [0.2, 0.25) is 0 Å². The lowest BCUT2D eigenvalue weighted by Crippen LogP contribution is -2.28. The van der Waals surface area contributed by atoms with Gasteiger partial charge >= 0.3 is 5.97 Å². The fourth-order valence-electron chi connectivity index (χ4n) is 1.31. The van der Waals surface area contributed by atoms with Crippen molar-refractivity contribution in [3.8, 4) is 0 Å². The van der Waals surface area contributed by atoms with Crippen LogP contribution in [0, 0.1) is 11.6 Å². The van der Waals surface area contributed by atoms with Crippen molar-refractivity contribution in [2.45, 2.75) is 12.8 Å². The van der Waals surface area contributed by atoms with E-state index in [1.165, 1.54) is 13.2 Å². The van der Waals surface area contributed by atoms with Gasteiger partial charge in [-0.1, -0.05) is 6.07 Å². The van der Waals surface area contributed by atoms with Crippen LogP contribution in [-0.2, 0) is 20.7 Å². The Hall–Kier alpha value is -1.98. The van der Waals surface area contributed by atoms with Crippen molar-refractivity contribution >= 4 is 11.9 Å². The maximum Gasteiger partial charge on any atom is 0.315 e. The van der Waals surface area contributed by atoms with Crippen molar-refractivity contribution in [2.24, 2.45) is 0 Å². The fourth-order valence-corrected chi connectivity index (χ4v) is 1.31. The Labute approximate surface area is 103 Å². The number of nitrogens with one attached hydrogen (secondary N) is 1. The number of carbonyl (C=O) groups excluding carboxylic acids is 2. The average Bonchev–Trinajstić information content (AvgIpc) is 2.33. The van der Waals surface area contributed by atoms with Crippen molar-refractivity contribution in [2.75, 3.05) is 13.7 Å². The van der Waals surface area contributed by atoms with Crippen LogP contribution in [0.25, 0.3) is 0 Å². The van der Waals surface area contributed by atoms with Gasteiger partial charge < -0.3 is 10.1 Å². The minimum Gasteiger partial charge on any atom is -0.469 e. The minimum atomic E-state index is -0.923. The highest BCUT2D eigenvalue weighted by Gasteiger charge is 2.08. The highest BCUT2D eigenvalue weighted by atomic mass is 19.2. The number of halogens is 2. The summed E-state index contributed by atoms with van der Waals surface area (Å²) in [6.45, 7) is 0.237. The Morgan fingerprint density at radius 2 is 2.00 bits per heavy atom. The molecule has 0 aliphatic heterocycles. The number of ether oxygens (including phenoxy) is 1. The molecule has 0 spiro atoms. The molecule has 0 heterocycles. The second kappa shape index (κ2) is 6.68. The van der Waals surface area contributed by atoms with Crippen molar-refractivity contribution in [3.05, 3.63) is 35.4 Å². The molecule has 0 saturated carbocycles. The summed E-state index contributed by atoms with van der Waals surface area (Å²) in [7, 11) is 1.19. The molecule has 98 valence electrons. The molecule has 1 amide bonds. The van der Waals surface area contributed by atoms with Crippen molar-refractivity contribution in [1.82, 2.24) is 5.32 Å². The third kappa shape index (κ3) is 4.48. The normalized spacial score (nSPS) is 9.94.